The van der Waals surface area contributed by atoms with Gasteiger partial charge in [0, 0.05) is 19.8 Å². The molecule has 0 saturated carbocycles. The molecule has 0 radical (unpaired) electrons. The Hall–Kier alpha value is -0.640. The topological polar surface area (TPSA) is 32.7 Å². The third-order valence-electron chi connectivity index (χ3n) is 8.75. The molecular weight excluding hydrogens is 526 g/mol. The van der Waals surface area contributed by atoms with Crippen LogP contribution in [0.25, 0.3) is 0 Å². The maximum absolute atomic E-state index is 9.47. The summed E-state index contributed by atoms with van der Waals surface area (Å²) >= 11 is 0. The van der Waals surface area contributed by atoms with Gasteiger partial charge in [-0.05, 0) is 70.9 Å². The second kappa shape index (κ2) is 39.4. The standard InChI is InChI=1S/C40H79NO2/c1-3-5-7-9-11-13-14-15-16-17-18-19-20-23-27-31-35-41(37-38-42)36-32-28-24-21-22-26-30-34-40-43-39-33-29-25-12-10-8-6-4-2/h11,13,15-16,42H,3-10,12,14,17-40H2,1-2H3/b13-11-,16-15-. The molecule has 0 unspecified atom stereocenters. The van der Waals surface area contributed by atoms with Gasteiger partial charge in [-0.15, -0.1) is 0 Å². The Morgan fingerprint density at radius 1 is 0.419 bits per heavy atom. The van der Waals surface area contributed by atoms with Gasteiger partial charge in [0.25, 0.3) is 0 Å². The molecule has 0 amide bonds. The van der Waals surface area contributed by atoms with E-state index in [0.717, 1.165) is 39.3 Å². The van der Waals surface area contributed by atoms with Crippen molar-refractivity contribution in [1.29, 1.82) is 0 Å². The average molecular weight is 606 g/mol. The Morgan fingerprint density at radius 2 is 0.791 bits per heavy atom. The third kappa shape index (κ3) is 37.5. The van der Waals surface area contributed by atoms with Gasteiger partial charge in [0.2, 0.25) is 0 Å². The van der Waals surface area contributed by atoms with E-state index in [1.807, 2.05) is 0 Å². The molecule has 1 N–H and O–H groups in total. The number of allylic oxidation sites excluding steroid dienone is 4. The molecule has 0 fully saturated rings. The maximum Gasteiger partial charge on any atom is 0.0558 e. The molecule has 0 aliphatic rings. The first kappa shape index (κ1) is 42.4. The predicted octanol–water partition coefficient (Wildman–Crippen LogP) is 12.4. The van der Waals surface area contributed by atoms with Gasteiger partial charge in [-0.3, -0.25) is 0 Å². The summed E-state index contributed by atoms with van der Waals surface area (Å²) in [5, 5.41) is 9.47. The van der Waals surface area contributed by atoms with Crippen molar-refractivity contribution in [3.05, 3.63) is 24.3 Å². The van der Waals surface area contributed by atoms with Gasteiger partial charge < -0.3 is 14.7 Å². The minimum Gasteiger partial charge on any atom is -0.395 e. The summed E-state index contributed by atoms with van der Waals surface area (Å²) in [7, 11) is 0. The number of hydrogen-bond donors (Lipinski definition) is 1. The molecule has 43 heavy (non-hydrogen) atoms. The summed E-state index contributed by atoms with van der Waals surface area (Å²) < 4.78 is 5.84. The zero-order valence-corrected chi connectivity index (χ0v) is 29.7. The molecule has 0 heterocycles. The van der Waals surface area contributed by atoms with Crippen LogP contribution in [0.4, 0.5) is 0 Å². The van der Waals surface area contributed by atoms with Crippen LogP contribution in [0.1, 0.15) is 194 Å². The lowest BCUT2D eigenvalue weighted by atomic mass is 10.1. The zero-order chi connectivity index (χ0) is 31.2. The van der Waals surface area contributed by atoms with Crippen LogP contribution in [0.15, 0.2) is 24.3 Å². The molecule has 0 aromatic rings. The van der Waals surface area contributed by atoms with Crippen molar-refractivity contribution in [3.63, 3.8) is 0 Å². The van der Waals surface area contributed by atoms with Gasteiger partial charge in [0.15, 0.2) is 0 Å². The van der Waals surface area contributed by atoms with Crippen LogP contribution in [-0.2, 0) is 4.74 Å². The lowest BCUT2D eigenvalue weighted by molar-refractivity contribution is 0.125. The minimum atomic E-state index is 0.297. The van der Waals surface area contributed by atoms with E-state index in [2.05, 4.69) is 43.1 Å². The Morgan fingerprint density at radius 3 is 1.26 bits per heavy atom. The Bertz CT molecular complexity index is 547. The van der Waals surface area contributed by atoms with E-state index in [-0.39, 0.29) is 0 Å². The lowest BCUT2D eigenvalue weighted by Crippen LogP contribution is -2.29. The Balaban J connectivity index is 3.40. The molecule has 0 spiro atoms. The van der Waals surface area contributed by atoms with Crippen LogP contribution in [0.2, 0.25) is 0 Å². The predicted molar refractivity (Wildman–Crippen MR) is 193 cm³/mol. The minimum absolute atomic E-state index is 0.297. The molecular formula is C40H79NO2. The first-order valence-electron chi connectivity index (χ1n) is 19.6. The Kier molecular flexibility index (Phi) is 38.8. The summed E-state index contributed by atoms with van der Waals surface area (Å²) in [5.41, 5.74) is 0. The summed E-state index contributed by atoms with van der Waals surface area (Å²) in [6.07, 6.45) is 46.7. The normalized spacial score (nSPS) is 12.1. The van der Waals surface area contributed by atoms with Gasteiger partial charge in [-0.1, -0.05) is 160 Å². The smallest absolute Gasteiger partial charge is 0.0558 e. The van der Waals surface area contributed by atoms with Gasteiger partial charge in [0.1, 0.15) is 0 Å². The highest BCUT2D eigenvalue weighted by Crippen LogP contribution is 2.12. The van der Waals surface area contributed by atoms with E-state index < -0.39 is 0 Å². The number of hydrogen-bond acceptors (Lipinski definition) is 3. The van der Waals surface area contributed by atoms with Crippen LogP contribution < -0.4 is 0 Å². The molecule has 256 valence electrons. The highest BCUT2D eigenvalue weighted by Gasteiger charge is 2.04. The van der Waals surface area contributed by atoms with Gasteiger partial charge in [0.05, 0.1) is 6.61 Å². The van der Waals surface area contributed by atoms with Crippen molar-refractivity contribution in [2.75, 3.05) is 39.5 Å². The van der Waals surface area contributed by atoms with Crippen molar-refractivity contribution in [2.45, 2.75) is 194 Å². The molecule has 0 aromatic carbocycles. The molecule has 0 atom stereocenters. The summed E-state index contributed by atoms with van der Waals surface area (Å²) in [5.74, 6) is 0. The fraction of sp³-hybridized carbons (Fsp3) is 0.900. The molecule has 0 aromatic heterocycles. The van der Waals surface area contributed by atoms with Gasteiger partial charge in [-0.25, -0.2) is 0 Å². The summed E-state index contributed by atoms with van der Waals surface area (Å²) in [6.45, 7) is 9.96. The van der Waals surface area contributed by atoms with Crippen LogP contribution in [0.5, 0.6) is 0 Å². The van der Waals surface area contributed by atoms with Gasteiger partial charge >= 0.3 is 0 Å². The molecule has 0 aliphatic heterocycles. The summed E-state index contributed by atoms with van der Waals surface area (Å²) in [4.78, 5) is 2.50. The third-order valence-corrected chi connectivity index (χ3v) is 8.75. The van der Waals surface area contributed by atoms with Crippen LogP contribution in [0, 0.1) is 0 Å². The molecule has 0 saturated heterocycles. The molecule has 3 nitrogen and oxygen atoms in total. The second-order valence-electron chi connectivity index (χ2n) is 13.1. The fourth-order valence-electron chi connectivity index (χ4n) is 5.84. The number of unbranched alkanes of at least 4 members (excludes halogenated alkanes) is 23. The quantitative estimate of drug-likeness (QED) is 0.0565. The van der Waals surface area contributed by atoms with Crippen LogP contribution >= 0.6 is 0 Å². The maximum atomic E-state index is 9.47. The van der Waals surface area contributed by atoms with Crippen molar-refractivity contribution in [2.24, 2.45) is 0 Å². The number of aliphatic hydroxyl groups is 1. The monoisotopic (exact) mass is 606 g/mol. The van der Waals surface area contributed by atoms with Crippen molar-refractivity contribution in [1.82, 2.24) is 4.90 Å². The highest BCUT2D eigenvalue weighted by atomic mass is 16.5. The largest absolute Gasteiger partial charge is 0.395 e. The Labute approximate surface area is 271 Å². The SMILES string of the molecule is CCCCC/C=C\C/C=C\CCCCCCCCN(CCO)CCCCCCCCCCOCCCCCCCCCC. The summed E-state index contributed by atoms with van der Waals surface area (Å²) in [6, 6.07) is 0. The van der Waals surface area contributed by atoms with Crippen LogP contribution in [-0.4, -0.2) is 49.5 Å². The second-order valence-corrected chi connectivity index (χ2v) is 13.1. The number of aliphatic hydroxyl groups excluding tert-OH is 1. The average Bonchev–Trinajstić information content (AvgIpc) is 3.01. The van der Waals surface area contributed by atoms with Crippen molar-refractivity contribution < 1.29 is 9.84 Å². The molecule has 3 heteroatoms. The lowest BCUT2D eigenvalue weighted by Gasteiger charge is -2.21. The van der Waals surface area contributed by atoms with Crippen molar-refractivity contribution >= 4 is 0 Å². The van der Waals surface area contributed by atoms with E-state index in [4.69, 9.17) is 4.74 Å². The molecule has 0 bridgehead atoms. The van der Waals surface area contributed by atoms with Gasteiger partial charge in [-0.2, -0.15) is 0 Å². The number of nitrogens with zero attached hydrogens (tertiary/aromatic N) is 1. The van der Waals surface area contributed by atoms with E-state index in [0.29, 0.717) is 6.61 Å². The fourth-order valence-corrected chi connectivity index (χ4v) is 5.84. The first-order chi connectivity index (χ1) is 21.3. The van der Waals surface area contributed by atoms with Crippen molar-refractivity contribution in [3.8, 4) is 0 Å². The van der Waals surface area contributed by atoms with E-state index in [1.54, 1.807) is 0 Å². The first-order valence-corrected chi connectivity index (χ1v) is 19.6. The molecule has 0 rings (SSSR count). The van der Waals surface area contributed by atoms with Crippen LogP contribution in [0.3, 0.4) is 0 Å². The zero-order valence-electron chi connectivity index (χ0n) is 29.7. The van der Waals surface area contributed by atoms with E-state index in [9.17, 15) is 5.11 Å². The molecule has 0 aliphatic carbocycles. The van der Waals surface area contributed by atoms with E-state index >= 15 is 0 Å². The highest BCUT2D eigenvalue weighted by molar-refractivity contribution is 4.92. The van der Waals surface area contributed by atoms with E-state index in [1.165, 1.54) is 173 Å². The number of rotatable bonds is 37. The number of ether oxygens (including phenoxy) is 1.